The molecular formula is C17H25N. The summed E-state index contributed by atoms with van der Waals surface area (Å²) >= 11 is 0. The number of nitrogens with one attached hydrogen (secondary N) is 1. The van der Waals surface area contributed by atoms with Gasteiger partial charge in [0.25, 0.3) is 0 Å². The molecule has 0 radical (unpaired) electrons. The van der Waals surface area contributed by atoms with Crippen LogP contribution >= 0.6 is 0 Å². The molecule has 98 valence electrons. The lowest BCUT2D eigenvalue weighted by molar-refractivity contribution is 0.268. The van der Waals surface area contributed by atoms with E-state index >= 15 is 0 Å². The quantitative estimate of drug-likeness (QED) is 0.734. The van der Waals surface area contributed by atoms with Gasteiger partial charge in [0.05, 0.1) is 0 Å². The third-order valence-corrected chi connectivity index (χ3v) is 4.05. The van der Waals surface area contributed by atoms with Crippen molar-refractivity contribution in [2.45, 2.75) is 51.1 Å². The summed E-state index contributed by atoms with van der Waals surface area (Å²) in [5, 5.41) is 3.74. The van der Waals surface area contributed by atoms with E-state index in [0.29, 0.717) is 6.04 Å². The lowest BCUT2D eigenvalue weighted by atomic mass is 9.82. The Morgan fingerprint density at radius 1 is 1.17 bits per heavy atom. The molecule has 1 nitrogen and oxygen atoms in total. The maximum Gasteiger partial charge on any atom is 0.0208 e. The maximum absolute atomic E-state index is 3.91. The van der Waals surface area contributed by atoms with Crippen LogP contribution in [0.5, 0.6) is 0 Å². The molecule has 1 aromatic carbocycles. The highest BCUT2D eigenvalue weighted by Crippen LogP contribution is 2.28. The number of benzene rings is 1. The van der Waals surface area contributed by atoms with Crippen molar-refractivity contribution in [3.8, 4) is 0 Å². The molecule has 2 rings (SSSR count). The highest BCUT2D eigenvalue weighted by Gasteiger charge is 2.21. The Morgan fingerprint density at radius 3 is 2.56 bits per heavy atom. The summed E-state index contributed by atoms with van der Waals surface area (Å²) in [6.07, 6.45) is 10.2. The minimum atomic E-state index is 0.614. The molecule has 0 amide bonds. The molecule has 1 aliphatic carbocycles. The van der Waals surface area contributed by atoms with Crippen LogP contribution < -0.4 is 5.32 Å². The first kappa shape index (κ1) is 13.4. The topological polar surface area (TPSA) is 12.0 Å². The minimum absolute atomic E-state index is 0.614. The van der Waals surface area contributed by atoms with E-state index < -0.39 is 0 Å². The molecule has 1 N–H and O–H groups in total. The van der Waals surface area contributed by atoms with Gasteiger partial charge in [-0.3, -0.25) is 0 Å². The second kappa shape index (κ2) is 7.38. The first-order chi connectivity index (χ1) is 8.90. The zero-order valence-electron chi connectivity index (χ0n) is 11.3. The molecule has 0 saturated heterocycles. The molecule has 1 atom stereocenters. The van der Waals surface area contributed by atoms with Crippen molar-refractivity contribution in [1.82, 2.24) is 5.32 Å². The molecule has 1 heteroatoms. The molecule has 1 aliphatic rings. The fourth-order valence-corrected chi connectivity index (χ4v) is 3.00. The smallest absolute Gasteiger partial charge is 0.0208 e. The van der Waals surface area contributed by atoms with Crippen LogP contribution in [0.2, 0.25) is 0 Å². The summed E-state index contributed by atoms with van der Waals surface area (Å²) in [7, 11) is 0. The molecule has 1 fully saturated rings. The molecule has 0 aromatic heterocycles. The van der Waals surface area contributed by atoms with Gasteiger partial charge in [0.1, 0.15) is 0 Å². The minimum Gasteiger partial charge on any atom is -0.309 e. The van der Waals surface area contributed by atoms with Crippen LogP contribution in [0, 0.1) is 5.92 Å². The number of rotatable bonds is 6. The van der Waals surface area contributed by atoms with Crippen LogP contribution in [0.3, 0.4) is 0 Å². The lowest BCUT2D eigenvalue weighted by Crippen LogP contribution is -2.36. The van der Waals surface area contributed by atoms with Crippen LogP contribution in [0.25, 0.3) is 0 Å². The van der Waals surface area contributed by atoms with E-state index in [0.717, 1.165) is 18.9 Å². The molecule has 1 saturated carbocycles. The molecule has 1 aromatic rings. The number of hydrogen-bond acceptors (Lipinski definition) is 1. The third-order valence-electron chi connectivity index (χ3n) is 4.05. The van der Waals surface area contributed by atoms with Crippen LogP contribution in [-0.4, -0.2) is 6.04 Å². The largest absolute Gasteiger partial charge is 0.309 e. The lowest BCUT2D eigenvalue weighted by Gasteiger charge is -2.30. The van der Waals surface area contributed by atoms with Crippen molar-refractivity contribution >= 4 is 0 Å². The average Bonchev–Trinajstić information content (AvgIpc) is 2.45. The SMILES string of the molecule is C=CC[C@@H](NCc1ccccc1)C1CCCCC1. The van der Waals surface area contributed by atoms with E-state index in [-0.39, 0.29) is 0 Å². The van der Waals surface area contributed by atoms with Crippen molar-refractivity contribution in [2.75, 3.05) is 0 Å². The highest BCUT2D eigenvalue weighted by molar-refractivity contribution is 5.14. The van der Waals surface area contributed by atoms with Gasteiger partial charge in [0, 0.05) is 12.6 Å². The fourth-order valence-electron chi connectivity index (χ4n) is 3.00. The van der Waals surface area contributed by atoms with Crippen LogP contribution in [0.4, 0.5) is 0 Å². The Hall–Kier alpha value is -1.08. The summed E-state index contributed by atoms with van der Waals surface area (Å²) < 4.78 is 0. The van der Waals surface area contributed by atoms with Gasteiger partial charge < -0.3 is 5.32 Å². The van der Waals surface area contributed by atoms with Gasteiger partial charge in [-0.2, -0.15) is 0 Å². The Morgan fingerprint density at radius 2 is 1.89 bits per heavy atom. The van der Waals surface area contributed by atoms with Gasteiger partial charge in [-0.15, -0.1) is 6.58 Å². The van der Waals surface area contributed by atoms with E-state index in [9.17, 15) is 0 Å². The zero-order chi connectivity index (χ0) is 12.6. The van der Waals surface area contributed by atoms with Gasteiger partial charge in [0.2, 0.25) is 0 Å². The molecule has 0 heterocycles. The second-order valence-electron chi connectivity index (χ2n) is 5.40. The zero-order valence-corrected chi connectivity index (χ0v) is 11.3. The van der Waals surface area contributed by atoms with Gasteiger partial charge in [-0.05, 0) is 30.7 Å². The van der Waals surface area contributed by atoms with Gasteiger partial charge in [-0.1, -0.05) is 55.7 Å². The van der Waals surface area contributed by atoms with Crippen LogP contribution in [0.1, 0.15) is 44.1 Å². The third kappa shape index (κ3) is 3.99. The first-order valence-electron chi connectivity index (χ1n) is 7.28. The Bertz CT molecular complexity index is 338. The van der Waals surface area contributed by atoms with Crippen molar-refractivity contribution in [2.24, 2.45) is 5.92 Å². The molecule has 0 spiro atoms. The Balaban J connectivity index is 1.87. The number of hydrogen-bond donors (Lipinski definition) is 1. The van der Waals surface area contributed by atoms with E-state index in [4.69, 9.17) is 0 Å². The van der Waals surface area contributed by atoms with Gasteiger partial charge >= 0.3 is 0 Å². The van der Waals surface area contributed by atoms with Crippen molar-refractivity contribution in [3.63, 3.8) is 0 Å². The van der Waals surface area contributed by atoms with E-state index in [2.05, 4.69) is 48.3 Å². The Kier molecular flexibility index (Phi) is 5.47. The Labute approximate surface area is 111 Å². The molecule has 0 unspecified atom stereocenters. The van der Waals surface area contributed by atoms with Crippen LogP contribution in [0.15, 0.2) is 43.0 Å². The summed E-state index contributed by atoms with van der Waals surface area (Å²) in [6, 6.07) is 11.3. The standard InChI is InChI=1S/C17H25N/c1-2-9-17(16-12-7-4-8-13-16)18-14-15-10-5-3-6-11-15/h2-3,5-6,10-11,16-18H,1,4,7-9,12-14H2/t17-/m1/s1. The molecular weight excluding hydrogens is 218 g/mol. The monoisotopic (exact) mass is 243 g/mol. The van der Waals surface area contributed by atoms with Gasteiger partial charge in [-0.25, -0.2) is 0 Å². The van der Waals surface area contributed by atoms with E-state index in [1.54, 1.807) is 0 Å². The van der Waals surface area contributed by atoms with Crippen molar-refractivity contribution in [1.29, 1.82) is 0 Å². The summed E-state index contributed by atoms with van der Waals surface area (Å²) in [4.78, 5) is 0. The molecule has 0 aliphatic heterocycles. The van der Waals surface area contributed by atoms with Crippen LogP contribution in [-0.2, 0) is 6.54 Å². The predicted molar refractivity (Wildman–Crippen MR) is 78.5 cm³/mol. The highest BCUT2D eigenvalue weighted by atomic mass is 14.9. The molecule has 18 heavy (non-hydrogen) atoms. The average molecular weight is 243 g/mol. The fraction of sp³-hybridized carbons (Fsp3) is 0.529. The van der Waals surface area contributed by atoms with E-state index in [1.165, 1.54) is 37.7 Å². The van der Waals surface area contributed by atoms with Crippen molar-refractivity contribution in [3.05, 3.63) is 48.6 Å². The van der Waals surface area contributed by atoms with E-state index in [1.807, 2.05) is 0 Å². The second-order valence-corrected chi connectivity index (χ2v) is 5.40. The summed E-state index contributed by atoms with van der Waals surface area (Å²) in [5.74, 6) is 0.848. The molecule has 0 bridgehead atoms. The maximum atomic E-state index is 3.91. The van der Waals surface area contributed by atoms with Crippen molar-refractivity contribution < 1.29 is 0 Å². The predicted octanol–water partition coefficient (Wildman–Crippen LogP) is 4.30. The van der Waals surface area contributed by atoms with Gasteiger partial charge in [0.15, 0.2) is 0 Å². The summed E-state index contributed by atoms with van der Waals surface area (Å²) in [5.41, 5.74) is 1.38. The normalized spacial score (nSPS) is 18.4. The summed E-state index contributed by atoms with van der Waals surface area (Å²) in [6.45, 7) is 4.89. The first-order valence-corrected chi connectivity index (χ1v) is 7.28.